The van der Waals surface area contributed by atoms with E-state index >= 15 is 0 Å². The van der Waals surface area contributed by atoms with E-state index in [1.807, 2.05) is 6.92 Å². The summed E-state index contributed by atoms with van der Waals surface area (Å²) in [7, 11) is -2.91. The summed E-state index contributed by atoms with van der Waals surface area (Å²) in [5, 5.41) is 3.32. The van der Waals surface area contributed by atoms with Crippen molar-refractivity contribution in [1.82, 2.24) is 4.98 Å². The minimum Gasteiger partial charge on any atom is -0.302 e. The summed E-state index contributed by atoms with van der Waals surface area (Å²) in [5.41, 5.74) is 0. The number of carbonyl (C=O) groups excluding carboxylic acids is 1. The SMILES string of the molecule is CCc1cnc(NC(=O)C[C@H]2CCS(=O)(=O)C2)s1. The standard InChI is InChI=1S/C11H16N2O3S2/c1-2-9-6-12-11(17-9)13-10(14)5-8-3-4-18(15,16)7-8/h6,8H,2-5,7H2,1H3,(H,12,13,14)/t8-/m1/s1. The largest absolute Gasteiger partial charge is 0.302 e. The van der Waals surface area contributed by atoms with Crippen molar-refractivity contribution >= 4 is 32.2 Å². The third-order valence-corrected chi connectivity index (χ3v) is 5.84. The van der Waals surface area contributed by atoms with Gasteiger partial charge in [0.15, 0.2) is 15.0 Å². The molecule has 1 fully saturated rings. The summed E-state index contributed by atoms with van der Waals surface area (Å²) < 4.78 is 22.6. The van der Waals surface area contributed by atoms with E-state index in [9.17, 15) is 13.2 Å². The van der Waals surface area contributed by atoms with Gasteiger partial charge >= 0.3 is 0 Å². The number of aromatic nitrogens is 1. The lowest BCUT2D eigenvalue weighted by atomic mass is 10.1. The van der Waals surface area contributed by atoms with Crippen LogP contribution in [0.5, 0.6) is 0 Å². The highest BCUT2D eigenvalue weighted by Gasteiger charge is 2.29. The Labute approximate surface area is 111 Å². The van der Waals surface area contributed by atoms with Crippen molar-refractivity contribution in [1.29, 1.82) is 0 Å². The maximum Gasteiger partial charge on any atom is 0.226 e. The molecular formula is C11H16N2O3S2. The Morgan fingerprint density at radius 1 is 1.61 bits per heavy atom. The molecule has 0 spiro atoms. The third-order valence-electron chi connectivity index (χ3n) is 2.95. The highest BCUT2D eigenvalue weighted by molar-refractivity contribution is 7.91. The molecule has 1 aliphatic rings. The van der Waals surface area contributed by atoms with Crippen LogP contribution in [-0.2, 0) is 21.1 Å². The summed E-state index contributed by atoms with van der Waals surface area (Å²) in [6.45, 7) is 2.03. The Kier molecular flexibility index (Phi) is 4.01. The second-order valence-corrected chi connectivity index (χ2v) is 7.85. The van der Waals surface area contributed by atoms with E-state index in [-0.39, 0.29) is 29.8 Å². The monoisotopic (exact) mass is 288 g/mol. The van der Waals surface area contributed by atoms with E-state index < -0.39 is 9.84 Å². The van der Waals surface area contributed by atoms with Gasteiger partial charge in [0.1, 0.15) is 0 Å². The minimum atomic E-state index is -2.91. The van der Waals surface area contributed by atoms with Gasteiger partial charge in [-0.2, -0.15) is 0 Å². The lowest BCUT2D eigenvalue weighted by Crippen LogP contribution is -2.17. The van der Waals surface area contributed by atoms with Crippen molar-refractivity contribution in [2.75, 3.05) is 16.8 Å². The van der Waals surface area contributed by atoms with Crippen LogP contribution in [0.3, 0.4) is 0 Å². The second kappa shape index (κ2) is 5.36. The van der Waals surface area contributed by atoms with Crippen LogP contribution in [0.15, 0.2) is 6.20 Å². The summed E-state index contributed by atoms with van der Waals surface area (Å²) in [6.07, 6.45) is 3.50. The summed E-state index contributed by atoms with van der Waals surface area (Å²) in [6, 6.07) is 0. The Bertz CT molecular complexity index is 536. The Hall–Kier alpha value is -0.950. The topological polar surface area (TPSA) is 76.1 Å². The molecule has 1 amide bonds. The number of carbonyl (C=O) groups is 1. The van der Waals surface area contributed by atoms with E-state index in [1.54, 1.807) is 6.20 Å². The first kappa shape index (κ1) is 13.5. The molecule has 1 saturated heterocycles. The smallest absolute Gasteiger partial charge is 0.226 e. The van der Waals surface area contributed by atoms with Crippen LogP contribution in [-0.4, -0.2) is 30.8 Å². The van der Waals surface area contributed by atoms with Crippen LogP contribution in [0.1, 0.15) is 24.6 Å². The van der Waals surface area contributed by atoms with E-state index in [0.29, 0.717) is 11.6 Å². The molecule has 0 saturated carbocycles. The number of hydrogen-bond acceptors (Lipinski definition) is 5. The Balaban J connectivity index is 1.86. The lowest BCUT2D eigenvalue weighted by Gasteiger charge is -2.06. The van der Waals surface area contributed by atoms with Crippen molar-refractivity contribution in [3.8, 4) is 0 Å². The molecule has 1 N–H and O–H groups in total. The molecule has 1 aromatic heterocycles. The third kappa shape index (κ3) is 3.52. The number of rotatable bonds is 4. The van der Waals surface area contributed by atoms with Crippen molar-refractivity contribution in [3.05, 3.63) is 11.1 Å². The average molecular weight is 288 g/mol. The van der Waals surface area contributed by atoms with Crippen LogP contribution < -0.4 is 5.32 Å². The van der Waals surface area contributed by atoms with Gasteiger partial charge in [-0.1, -0.05) is 6.92 Å². The van der Waals surface area contributed by atoms with E-state index in [0.717, 1.165) is 11.3 Å². The van der Waals surface area contributed by atoms with E-state index in [2.05, 4.69) is 10.3 Å². The first-order valence-electron chi connectivity index (χ1n) is 5.93. The molecule has 0 radical (unpaired) electrons. The molecular weight excluding hydrogens is 272 g/mol. The van der Waals surface area contributed by atoms with Gasteiger partial charge in [0.05, 0.1) is 11.5 Å². The molecule has 18 heavy (non-hydrogen) atoms. The number of thiazole rings is 1. The molecule has 0 unspecified atom stereocenters. The van der Waals surface area contributed by atoms with Crippen molar-refractivity contribution < 1.29 is 13.2 Å². The number of nitrogens with zero attached hydrogens (tertiary/aromatic N) is 1. The average Bonchev–Trinajstić information content (AvgIpc) is 2.85. The number of hydrogen-bond donors (Lipinski definition) is 1. The second-order valence-electron chi connectivity index (χ2n) is 4.51. The van der Waals surface area contributed by atoms with Crippen molar-refractivity contribution in [2.24, 2.45) is 5.92 Å². The zero-order chi connectivity index (χ0) is 13.2. The summed E-state index contributed by atoms with van der Waals surface area (Å²) in [5.74, 6) is 0.162. The van der Waals surface area contributed by atoms with E-state index in [4.69, 9.17) is 0 Å². The summed E-state index contributed by atoms with van der Waals surface area (Å²) >= 11 is 1.46. The molecule has 0 aromatic carbocycles. The van der Waals surface area contributed by atoms with Gasteiger partial charge < -0.3 is 5.32 Å². The maximum atomic E-state index is 11.7. The normalized spacial score (nSPS) is 21.9. The fraction of sp³-hybridized carbons (Fsp3) is 0.636. The zero-order valence-corrected chi connectivity index (χ0v) is 11.8. The highest BCUT2D eigenvalue weighted by Crippen LogP contribution is 2.23. The molecule has 7 heteroatoms. The highest BCUT2D eigenvalue weighted by atomic mass is 32.2. The molecule has 2 rings (SSSR count). The maximum absolute atomic E-state index is 11.7. The van der Waals surface area contributed by atoms with Gasteiger partial charge in [0, 0.05) is 17.5 Å². The molecule has 5 nitrogen and oxygen atoms in total. The minimum absolute atomic E-state index is 0.0411. The molecule has 1 atom stereocenters. The predicted octanol–water partition coefficient (Wildman–Crippen LogP) is 1.47. The zero-order valence-electron chi connectivity index (χ0n) is 10.2. The van der Waals surface area contributed by atoms with Crippen LogP contribution >= 0.6 is 11.3 Å². The number of nitrogens with one attached hydrogen (secondary N) is 1. The molecule has 0 bridgehead atoms. The van der Waals surface area contributed by atoms with Crippen LogP contribution in [0.25, 0.3) is 0 Å². The summed E-state index contributed by atoms with van der Waals surface area (Å²) in [4.78, 5) is 17.0. The van der Waals surface area contributed by atoms with Crippen LogP contribution in [0.4, 0.5) is 5.13 Å². The number of anilines is 1. The van der Waals surface area contributed by atoms with Crippen LogP contribution in [0, 0.1) is 5.92 Å². The van der Waals surface area contributed by atoms with Crippen LogP contribution in [0.2, 0.25) is 0 Å². The van der Waals surface area contributed by atoms with Gasteiger partial charge in [0.2, 0.25) is 5.91 Å². The van der Waals surface area contributed by atoms with Gasteiger partial charge in [-0.25, -0.2) is 13.4 Å². The lowest BCUT2D eigenvalue weighted by molar-refractivity contribution is -0.116. The Morgan fingerprint density at radius 2 is 2.39 bits per heavy atom. The van der Waals surface area contributed by atoms with Crippen molar-refractivity contribution in [2.45, 2.75) is 26.2 Å². The quantitative estimate of drug-likeness (QED) is 0.910. The molecule has 100 valence electrons. The Morgan fingerprint density at radius 3 is 2.94 bits per heavy atom. The van der Waals surface area contributed by atoms with Gasteiger partial charge in [-0.05, 0) is 18.8 Å². The first-order valence-corrected chi connectivity index (χ1v) is 8.57. The number of amides is 1. The fourth-order valence-corrected chi connectivity index (χ4v) is 4.62. The van der Waals surface area contributed by atoms with Gasteiger partial charge in [-0.3, -0.25) is 4.79 Å². The first-order chi connectivity index (χ1) is 8.48. The van der Waals surface area contributed by atoms with Gasteiger partial charge in [0.25, 0.3) is 0 Å². The number of sulfone groups is 1. The fourth-order valence-electron chi connectivity index (χ4n) is 1.99. The molecule has 0 aliphatic carbocycles. The molecule has 2 heterocycles. The predicted molar refractivity (Wildman–Crippen MR) is 71.5 cm³/mol. The van der Waals surface area contributed by atoms with E-state index in [1.165, 1.54) is 11.3 Å². The van der Waals surface area contributed by atoms with Gasteiger partial charge in [-0.15, -0.1) is 11.3 Å². The molecule has 1 aromatic rings. The molecule has 1 aliphatic heterocycles. The number of aryl methyl sites for hydroxylation is 1. The van der Waals surface area contributed by atoms with Crippen molar-refractivity contribution in [3.63, 3.8) is 0 Å².